The Balaban J connectivity index is 1.77. The van der Waals surface area contributed by atoms with E-state index < -0.39 is 0 Å². The third-order valence-electron chi connectivity index (χ3n) is 8.02. The molecule has 6 nitrogen and oxygen atoms in total. The first-order valence-corrected chi connectivity index (χ1v) is 12.9. The van der Waals surface area contributed by atoms with E-state index >= 15 is 0 Å². The molecule has 2 fully saturated rings. The van der Waals surface area contributed by atoms with Crippen molar-refractivity contribution in [2.45, 2.75) is 77.2 Å². The Hall–Kier alpha value is -3.41. The van der Waals surface area contributed by atoms with Crippen molar-refractivity contribution in [3.8, 4) is 5.69 Å². The number of aromatic nitrogens is 1. The molecule has 2 aliphatic rings. The Bertz CT molecular complexity index is 1270. The number of benzene rings is 1. The topological polar surface area (TPSA) is 77.4 Å². The van der Waals surface area contributed by atoms with Crippen molar-refractivity contribution in [1.82, 2.24) is 9.88 Å². The minimum atomic E-state index is -0.263. The first-order chi connectivity index (χ1) is 17.3. The summed E-state index contributed by atoms with van der Waals surface area (Å²) in [4.78, 5) is 38.5. The van der Waals surface area contributed by atoms with E-state index in [1.807, 2.05) is 4.57 Å². The van der Waals surface area contributed by atoms with Gasteiger partial charge in [0, 0.05) is 23.5 Å². The number of ketones is 1. The molecular weight excluding hydrogens is 464 g/mol. The molecule has 0 spiro atoms. The fourth-order valence-corrected chi connectivity index (χ4v) is 4.92. The molecule has 4 rings (SSSR count). The number of Topliss-reactive ketones (excluding diaryl/α,β-unsaturated/α-hetero) is 1. The molecule has 0 bridgehead atoms. The average molecular weight is 503 g/mol. The molecule has 196 valence electrons. The predicted molar refractivity (Wildman–Crippen MR) is 145 cm³/mol. The first-order valence-electron chi connectivity index (χ1n) is 12.9. The summed E-state index contributed by atoms with van der Waals surface area (Å²) in [5.41, 5.74) is 5.03. The van der Waals surface area contributed by atoms with Crippen LogP contribution in [0.4, 0.5) is 0 Å². The van der Waals surface area contributed by atoms with Crippen LogP contribution in [0.2, 0.25) is 0 Å². The number of rotatable bonds is 8. The lowest BCUT2D eigenvalue weighted by Gasteiger charge is -2.33. The van der Waals surface area contributed by atoms with Crippen LogP contribution in [0.5, 0.6) is 0 Å². The van der Waals surface area contributed by atoms with Crippen LogP contribution in [0.1, 0.15) is 90.9 Å². The largest absolute Gasteiger partial charge is 0.469 e. The van der Waals surface area contributed by atoms with Gasteiger partial charge in [-0.05, 0) is 72.3 Å². The van der Waals surface area contributed by atoms with Crippen LogP contribution in [-0.2, 0) is 20.4 Å². The summed E-state index contributed by atoms with van der Waals surface area (Å²) >= 11 is 0. The highest BCUT2D eigenvalue weighted by molar-refractivity contribution is 6.12. The number of hydrogen-bond acceptors (Lipinski definition) is 4. The minimum Gasteiger partial charge on any atom is -0.469 e. The Morgan fingerprint density at radius 2 is 1.81 bits per heavy atom. The van der Waals surface area contributed by atoms with E-state index in [0.29, 0.717) is 29.7 Å². The van der Waals surface area contributed by atoms with Gasteiger partial charge in [-0.25, -0.2) is 0 Å². The molecule has 1 amide bonds. The predicted octanol–water partition coefficient (Wildman–Crippen LogP) is 5.74. The zero-order valence-electron chi connectivity index (χ0n) is 22.9. The van der Waals surface area contributed by atoms with Gasteiger partial charge in [0.1, 0.15) is 0 Å². The molecule has 1 aromatic heterocycles. The van der Waals surface area contributed by atoms with Gasteiger partial charge in [-0.1, -0.05) is 53.0 Å². The summed E-state index contributed by atoms with van der Waals surface area (Å²) in [5, 5.41) is 3.02. The smallest absolute Gasteiger partial charge is 0.308 e. The highest BCUT2D eigenvalue weighted by Gasteiger charge is 2.40. The van der Waals surface area contributed by atoms with Gasteiger partial charge in [0.25, 0.3) is 5.91 Å². The van der Waals surface area contributed by atoms with E-state index in [1.165, 1.54) is 24.3 Å². The number of carbonyl (C=O) groups is 3. The molecule has 6 heteroatoms. The maximum absolute atomic E-state index is 13.5. The fourth-order valence-electron chi connectivity index (χ4n) is 4.92. The Morgan fingerprint density at radius 1 is 1.16 bits per heavy atom. The standard InChI is InChI=1S/C31H38N2O4/c1-9-18(2)27(34)26-19(3)25(28(35)32-23-12-20(13-23)29(36)37-8)17-33(26)24-15-21(30(4,5)6)14-22(16-24)31(7)10-11-31/h9,14-17,20,23H,1-2,10-13H2,3-8H3,(H,32,35). The number of ether oxygens (including phenoxy) is 1. The molecule has 2 aliphatic carbocycles. The summed E-state index contributed by atoms with van der Waals surface area (Å²) in [5.74, 6) is -0.954. The number of hydrogen-bond donors (Lipinski definition) is 1. The van der Waals surface area contributed by atoms with Gasteiger partial charge in [-0.3, -0.25) is 14.4 Å². The van der Waals surface area contributed by atoms with Crippen LogP contribution in [0.3, 0.4) is 0 Å². The zero-order valence-corrected chi connectivity index (χ0v) is 22.9. The van der Waals surface area contributed by atoms with Crippen LogP contribution in [0, 0.1) is 12.8 Å². The fraction of sp³-hybridized carbons (Fsp3) is 0.452. The summed E-state index contributed by atoms with van der Waals surface area (Å²) in [6.07, 6.45) is 6.56. The van der Waals surface area contributed by atoms with Crippen molar-refractivity contribution in [1.29, 1.82) is 0 Å². The molecule has 1 N–H and O–H groups in total. The van der Waals surface area contributed by atoms with Crippen molar-refractivity contribution >= 4 is 17.7 Å². The molecule has 2 aromatic rings. The normalized spacial score (nSPS) is 19.9. The van der Waals surface area contributed by atoms with Crippen LogP contribution >= 0.6 is 0 Å². The zero-order chi connectivity index (χ0) is 27.3. The Labute approximate surface area is 219 Å². The molecule has 37 heavy (non-hydrogen) atoms. The van der Waals surface area contributed by atoms with Gasteiger partial charge in [0.05, 0.1) is 24.3 Å². The van der Waals surface area contributed by atoms with Gasteiger partial charge in [-0.15, -0.1) is 0 Å². The maximum Gasteiger partial charge on any atom is 0.308 e. The van der Waals surface area contributed by atoms with Crippen LogP contribution in [0.25, 0.3) is 5.69 Å². The number of methoxy groups -OCH3 is 1. The van der Waals surface area contributed by atoms with Gasteiger partial charge >= 0.3 is 5.97 Å². The molecule has 0 aliphatic heterocycles. The molecular formula is C31H38N2O4. The van der Waals surface area contributed by atoms with Crippen molar-refractivity contribution in [3.05, 3.63) is 77.2 Å². The van der Waals surface area contributed by atoms with Gasteiger partial charge < -0.3 is 14.6 Å². The first kappa shape index (κ1) is 26.6. The average Bonchev–Trinajstić information content (AvgIpc) is 3.49. The SMILES string of the molecule is C=CC(=C)C(=O)c1c(C)c(C(=O)NC2CC(C(=O)OC)C2)cn1-c1cc(C(C)(C)C)cc(C2(C)CC2)c1. The molecule has 0 radical (unpaired) electrons. The van der Waals surface area contributed by atoms with Crippen molar-refractivity contribution in [2.75, 3.05) is 7.11 Å². The number of nitrogens with zero attached hydrogens (tertiary/aromatic N) is 1. The molecule has 0 atom stereocenters. The minimum absolute atomic E-state index is 0.0896. The van der Waals surface area contributed by atoms with E-state index in [2.05, 4.69) is 64.4 Å². The quantitative estimate of drug-likeness (QED) is 0.216. The lowest BCUT2D eigenvalue weighted by atomic mass is 9.80. The Morgan fingerprint density at radius 3 is 2.35 bits per heavy atom. The second kappa shape index (κ2) is 9.47. The number of allylic oxidation sites excluding steroid dienone is 2. The molecule has 0 unspecified atom stereocenters. The van der Waals surface area contributed by atoms with Gasteiger partial charge in [-0.2, -0.15) is 0 Å². The highest BCUT2D eigenvalue weighted by Crippen LogP contribution is 2.49. The monoisotopic (exact) mass is 502 g/mol. The third kappa shape index (κ3) is 5.07. The van der Waals surface area contributed by atoms with Crippen molar-refractivity contribution in [3.63, 3.8) is 0 Å². The third-order valence-corrected chi connectivity index (χ3v) is 8.02. The van der Waals surface area contributed by atoms with E-state index in [1.54, 1.807) is 13.1 Å². The van der Waals surface area contributed by atoms with Crippen LogP contribution < -0.4 is 5.32 Å². The second-order valence-corrected chi connectivity index (χ2v) is 11.9. The van der Waals surface area contributed by atoms with E-state index in [-0.39, 0.29) is 46.0 Å². The summed E-state index contributed by atoms with van der Waals surface area (Å²) < 4.78 is 6.64. The lowest BCUT2D eigenvalue weighted by molar-refractivity contribution is -0.149. The number of nitrogens with one attached hydrogen (secondary N) is 1. The highest BCUT2D eigenvalue weighted by atomic mass is 16.5. The summed E-state index contributed by atoms with van der Waals surface area (Å²) in [6, 6.07) is 6.42. The summed E-state index contributed by atoms with van der Waals surface area (Å²) in [7, 11) is 1.37. The summed E-state index contributed by atoms with van der Waals surface area (Å²) in [6.45, 7) is 18.2. The van der Waals surface area contributed by atoms with Crippen LogP contribution in [0.15, 0.2) is 49.2 Å². The molecule has 1 aromatic carbocycles. The molecule has 1 heterocycles. The lowest BCUT2D eigenvalue weighted by Crippen LogP contribution is -2.47. The van der Waals surface area contributed by atoms with Crippen molar-refractivity contribution < 1.29 is 19.1 Å². The van der Waals surface area contributed by atoms with E-state index in [0.717, 1.165) is 18.5 Å². The van der Waals surface area contributed by atoms with E-state index in [4.69, 9.17) is 4.74 Å². The molecule has 0 saturated heterocycles. The van der Waals surface area contributed by atoms with Crippen molar-refractivity contribution in [2.24, 2.45) is 5.92 Å². The number of carbonyl (C=O) groups excluding carboxylic acids is 3. The Kier molecular flexibility index (Phi) is 6.82. The van der Waals surface area contributed by atoms with Gasteiger partial charge in [0.15, 0.2) is 0 Å². The van der Waals surface area contributed by atoms with E-state index in [9.17, 15) is 14.4 Å². The molecule has 2 saturated carbocycles. The van der Waals surface area contributed by atoms with Gasteiger partial charge in [0.2, 0.25) is 5.78 Å². The number of amides is 1. The maximum atomic E-state index is 13.5. The number of esters is 1. The van der Waals surface area contributed by atoms with Crippen LogP contribution in [-0.4, -0.2) is 35.4 Å². The second-order valence-electron chi connectivity index (χ2n) is 11.9.